The number of ether oxygens (including phenoxy) is 1. The monoisotopic (exact) mass is 645 g/mol. The van der Waals surface area contributed by atoms with Gasteiger partial charge in [-0.2, -0.15) is 0 Å². The van der Waals surface area contributed by atoms with E-state index in [1.807, 2.05) is 51.1 Å². The molecule has 0 fully saturated rings. The van der Waals surface area contributed by atoms with E-state index in [0.717, 1.165) is 15.4 Å². The fraction of sp³-hybridized carbons (Fsp3) is 0.278. The molecule has 0 aliphatic heterocycles. The molecule has 0 radical (unpaired) electrons. The lowest BCUT2D eigenvalue weighted by Crippen LogP contribution is -2.54. The normalized spacial score (nSPS) is 12.5. The van der Waals surface area contributed by atoms with Crippen LogP contribution in [0.4, 0.5) is 10.1 Å². The first-order valence-corrected chi connectivity index (χ1v) is 16.6. The predicted octanol–water partition coefficient (Wildman–Crippen LogP) is 5.89. The van der Waals surface area contributed by atoms with Crippen molar-refractivity contribution in [2.75, 3.05) is 18.0 Å². The van der Waals surface area contributed by atoms with Crippen LogP contribution in [0.5, 0.6) is 5.75 Å². The van der Waals surface area contributed by atoms with Gasteiger partial charge in [0.15, 0.2) is 0 Å². The Balaban J connectivity index is 1.84. The molecule has 242 valence electrons. The Morgan fingerprint density at radius 1 is 0.891 bits per heavy atom. The largest absolute Gasteiger partial charge is 0.495 e. The maximum absolute atomic E-state index is 15.1. The van der Waals surface area contributed by atoms with Gasteiger partial charge in [0.1, 0.15) is 24.2 Å². The summed E-state index contributed by atoms with van der Waals surface area (Å²) in [7, 11) is -2.90. The van der Waals surface area contributed by atoms with E-state index in [2.05, 4.69) is 5.32 Å². The molecule has 4 aromatic carbocycles. The highest BCUT2D eigenvalue weighted by molar-refractivity contribution is 7.92. The molecule has 0 saturated carbocycles. The number of hydrogen-bond donors (Lipinski definition) is 1. The topological polar surface area (TPSA) is 96.0 Å². The molecule has 0 heterocycles. The molecule has 2 unspecified atom stereocenters. The van der Waals surface area contributed by atoms with E-state index in [1.54, 1.807) is 54.6 Å². The Bertz CT molecular complexity index is 1730. The van der Waals surface area contributed by atoms with Crippen molar-refractivity contribution in [2.45, 2.75) is 57.1 Å². The van der Waals surface area contributed by atoms with Crippen molar-refractivity contribution in [2.24, 2.45) is 0 Å². The van der Waals surface area contributed by atoms with Crippen molar-refractivity contribution >= 4 is 27.5 Å². The van der Waals surface area contributed by atoms with Crippen LogP contribution in [0.1, 0.15) is 37.0 Å². The third-order valence-corrected chi connectivity index (χ3v) is 9.59. The highest BCUT2D eigenvalue weighted by Crippen LogP contribution is 2.33. The number of rotatable bonds is 14. The average molecular weight is 646 g/mol. The molecule has 46 heavy (non-hydrogen) atoms. The summed E-state index contributed by atoms with van der Waals surface area (Å²) in [4.78, 5) is 29.7. The molecular weight excluding hydrogens is 605 g/mol. The molecule has 0 spiro atoms. The molecule has 4 rings (SSSR count). The molecule has 10 heteroatoms. The molecule has 0 aliphatic rings. The summed E-state index contributed by atoms with van der Waals surface area (Å²) >= 11 is 0. The number of amides is 2. The Morgan fingerprint density at radius 2 is 1.52 bits per heavy atom. The summed E-state index contributed by atoms with van der Waals surface area (Å²) in [6, 6.07) is 26.8. The number of anilines is 1. The van der Waals surface area contributed by atoms with Crippen molar-refractivity contribution in [3.05, 3.63) is 126 Å². The lowest BCUT2D eigenvalue weighted by Gasteiger charge is -2.34. The molecule has 8 nitrogen and oxygen atoms in total. The third-order valence-electron chi connectivity index (χ3n) is 7.81. The zero-order chi connectivity index (χ0) is 33.3. The number of halogens is 1. The van der Waals surface area contributed by atoms with Crippen molar-refractivity contribution in [1.29, 1.82) is 0 Å². The molecular formula is C36H40FN3O5S. The average Bonchev–Trinajstić information content (AvgIpc) is 3.06. The number of nitrogens with one attached hydrogen (secondary N) is 1. The summed E-state index contributed by atoms with van der Waals surface area (Å²) in [5.41, 5.74) is 1.99. The van der Waals surface area contributed by atoms with Gasteiger partial charge < -0.3 is 15.0 Å². The molecule has 0 bridgehead atoms. The van der Waals surface area contributed by atoms with Gasteiger partial charge in [-0.05, 0) is 56.2 Å². The number of benzene rings is 4. The van der Waals surface area contributed by atoms with Crippen LogP contribution in [-0.4, -0.2) is 50.9 Å². The number of para-hydroxylation sites is 2. The fourth-order valence-electron chi connectivity index (χ4n) is 4.99. The van der Waals surface area contributed by atoms with Crippen LogP contribution in [0.3, 0.4) is 0 Å². The van der Waals surface area contributed by atoms with Gasteiger partial charge in [-0.25, -0.2) is 12.8 Å². The molecule has 0 aromatic heterocycles. The van der Waals surface area contributed by atoms with E-state index in [9.17, 15) is 18.0 Å². The summed E-state index contributed by atoms with van der Waals surface area (Å²) in [5, 5.41) is 2.97. The van der Waals surface area contributed by atoms with E-state index in [0.29, 0.717) is 6.42 Å². The number of hydrogen-bond acceptors (Lipinski definition) is 5. The lowest BCUT2D eigenvalue weighted by atomic mass is 10.0. The van der Waals surface area contributed by atoms with E-state index >= 15 is 4.39 Å². The highest BCUT2D eigenvalue weighted by Gasteiger charge is 2.36. The summed E-state index contributed by atoms with van der Waals surface area (Å²) in [6.07, 6.45) is 0.782. The smallest absolute Gasteiger partial charge is 0.264 e. The molecule has 4 aromatic rings. The second-order valence-corrected chi connectivity index (χ2v) is 13.0. The standard InChI is InChI=1S/C36H40FN3O5S/c1-5-27(3)38-36(42)33(23-28-13-7-6-8-14-28)39(24-29-15-9-10-16-31(29)37)35(41)25-40(32-17-11-12-18-34(32)45-4)46(43,44)30-21-19-26(2)20-22-30/h6-22,27,33H,5,23-25H2,1-4H3,(H,38,42). The van der Waals surface area contributed by atoms with Crippen LogP contribution in [0.25, 0.3) is 0 Å². The third kappa shape index (κ3) is 8.31. The minimum atomic E-state index is -4.31. The fourth-order valence-corrected chi connectivity index (χ4v) is 6.42. The molecule has 2 atom stereocenters. The summed E-state index contributed by atoms with van der Waals surface area (Å²) in [6.45, 7) is 4.70. The molecule has 0 aliphatic carbocycles. The van der Waals surface area contributed by atoms with Crippen molar-refractivity contribution in [3.8, 4) is 5.75 Å². The quantitative estimate of drug-likeness (QED) is 0.185. The number of carbonyl (C=O) groups excluding carboxylic acids is 2. The van der Waals surface area contributed by atoms with E-state index in [-0.39, 0.29) is 40.9 Å². The van der Waals surface area contributed by atoms with Crippen LogP contribution < -0.4 is 14.4 Å². The SMILES string of the molecule is CCC(C)NC(=O)C(Cc1ccccc1)N(Cc1ccccc1F)C(=O)CN(c1ccccc1OC)S(=O)(=O)c1ccc(C)cc1. The van der Waals surface area contributed by atoms with Crippen LogP contribution in [0.2, 0.25) is 0 Å². The second kappa shape index (κ2) is 15.5. The molecule has 2 amide bonds. The van der Waals surface area contributed by atoms with Gasteiger partial charge in [0, 0.05) is 24.6 Å². The number of carbonyl (C=O) groups is 2. The van der Waals surface area contributed by atoms with Crippen molar-refractivity contribution < 1.29 is 27.1 Å². The van der Waals surface area contributed by atoms with Gasteiger partial charge >= 0.3 is 0 Å². The minimum Gasteiger partial charge on any atom is -0.495 e. The van der Waals surface area contributed by atoms with E-state index in [1.165, 1.54) is 30.2 Å². The Hall–Kier alpha value is -4.70. The number of sulfonamides is 1. The van der Waals surface area contributed by atoms with Crippen LogP contribution >= 0.6 is 0 Å². The van der Waals surface area contributed by atoms with Crippen molar-refractivity contribution in [3.63, 3.8) is 0 Å². The number of nitrogens with zero attached hydrogens (tertiary/aromatic N) is 2. The number of methoxy groups -OCH3 is 1. The highest BCUT2D eigenvalue weighted by atomic mass is 32.2. The van der Waals surface area contributed by atoms with Gasteiger partial charge in [0.05, 0.1) is 17.7 Å². The Kier molecular flexibility index (Phi) is 11.5. The maximum Gasteiger partial charge on any atom is 0.264 e. The second-order valence-electron chi connectivity index (χ2n) is 11.1. The summed E-state index contributed by atoms with van der Waals surface area (Å²) < 4.78 is 50.0. The molecule has 0 saturated heterocycles. The van der Waals surface area contributed by atoms with E-state index < -0.39 is 40.2 Å². The molecule has 1 N–H and O–H groups in total. The first kappa shape index (κ1) is 34.2. The zero-order valence-corrected chi connectivity index (χ0v) is 27.3. The summed E-state index contributed by atoms with van der Waals surface area (Å²) in [5.74, 6) is -1.42. The minimum absolute atomic E-state index is 0.0205. The number of aryl methyl sites for hydroxylation is 1. The Morgan fingerprint density at radius 3 is 2.17 bits per heavy atom. The van der Waals surface area contributed by atoms with Crippen LogP contribution in [-0.2, 0) is 32.6 Å². The van der Waals surface area contributed by atoms with Gasteiger partial charge in [-0.1, -0.05) is 85.3 Å². The maximum atomic E-state index is 15.1. The first-order chi connectivity index (χ1) is 22.0. The van der Waals surface area contributed by atoms with Gasteiger partial charge in [0.25, 0.3) is 10.0 Å². The first-order valence-electron chi connectivity index (χ1n) is 15.1. The zero-order valence-electron chi connectivity index (χ0n) is 26.5. The van der Waals surface area contributed by atoms with Crippen LogP contribution in [0.15, 0.2) is 108 Å². The van der Waals surface area contributed by atoms with Gasteiger partial charge in [-0.15, -0.1) is 0 Å². The predicted molar refractivity (Wildman–Crippen MR) is 177 cm³/mol. The van der Waals surface area contributed by atoms with E-state index in [4.69, 9.17) is 4.74 Å². The Labute approximate surface area is 270 Å². The lowest BCUT2D eigenvalue weighted by molar-refractivity contribution is -0.140. The van der Waals surface area contributed by atoms with Crippen molar-refractivity contribution in [1.82, 2.24) is 10.2 Å². The van der Waals surface area contributed by atoms with Gasteiger partial charge in [0.2, 0.25) is 11.8 Å². The van der Waals surface area contributed by atoms with Crippen LogP contribution in [0, 0.1) is 12.7 Å². The van der Waals surface area contributed by atoms with Gasteiger partial charge in [-0.3, -0.25) is 13.9 Å².